The molecule has 0 unspecified atom stereocenters. The molecule has 4 nitrogen and oxygen atoms in total. The summed E-state index contributed by atoms with van der Waals surface area (Å²) < 4.78 is 7.49. The van der Waals surface area contributed by atoms with E-state index in [1.165, 1.54) is 40.3 Å². The summed E-state index contributed by atoms with van der Waals surface area (Å²) in [6, 6.07) is 110. The first-order valence-electron chi connectivity index (χ1n) is 29.4. The van der Waals surface area contributed by atoms with E-state index in [1.54, 1.807) is 22.7 Å². The lowest BCUT2D eigenvalue weighted by atomic mass is 9.91. The van der Waals surface area contributed by atoms with Gasteiger partial charge in [0.05, 0.1) is 16.7 Å². The van der Waals surface area contributed by atoms with Crippen LogP contribution in [0.5, 0.6) is 0 Å². The highest BCUT2D eigenvalue weighted by atomic mass is 32.1. The van der Waals surface area contributed by atoms with Gasteiger partial charge in [-0.25, -0.2) is 15.0 Å². The minimum atomic E-state index is 0.584. The van der Waals surface area contributed by atoms with Crippen molar-refractivity contribution in [1.82, 2.24) is 19.5 Å². The van der Waals surface area contributed by atoms with E-state index in [9.17, 15) is 0 Å². The molecule has 17 rings (SSSR count). The number of benzene rings is 13. The van der Waals surface area contributed by atoms with E-state index in [1.807, 2.05) is 0 Å². The molecule has 0 aliphatic carbocycles. The van der Waals surface area contributed by atoms with E-state index < -0.39 is 0 Å². The maximum Gasteiger partial charge on any atom is 0.164 e. The van der Waals surface area contributed by atoms with E-state index in [-0.39, 0.29) is 0 Å². The molecule has 0 radical (unpaired) electrons. The topological polar surface area (TPSA) is 43.6 Å². The minimum absolute atomic E-state index is 0.584. The summed E-state index contributed by atoms with van der Waals surface area (Å²) in [6.45, 7) is 0. The highest BCUT2D eigenvalue weighted by Crippen LogP contribution is 2.50. The van der Waals surface area contributed by atoms with Crippen LogP contribution >= 0.6 is 22.7 Å². The van der Waals surface area contributed by atoms with Crippen LogP contribution in [-0.4, -0.2) is 19.5 Å². The maximum absolute atomic E-state index is 5.58. The lowest BCUT2D eigenvalue weighted by Gasteiger charge is -2.23. The summed E-state index contributed by atoms with van der Waals surface area (Å²) in [5.41, 5.74) is 19.3. The first-order valence-corrected chi connectivity index (χ1v) is 31.0. The molecule has 0 aliphatic heterocycles. The fraction of sp³-hybridized carbons (Fsp3) is 0. The molecule has 0 saturated carbocycles. The Morgan fingerprint density at radius 2 is 0.517 bits per heavy atom. The van der Waals surface area contributed by atoms with Crippen LogP contribution in [-0.2, 0) is 0 Å². The highest BCUT2D eigenvalue weighted by molar-refractivity contribution is 7.26. The highest BCUT2D eigenvalue weighted by Gasteiger charge is 2.28. The fourth-order valence-corrected chi connectivity index (χ4v) is 15.2. The van der Waals surface area contributed by atoms with E-state index in [4.69, 9.17) is 15.0 Å². The summed E-state index contributed by atoms with van der Waals surface area (Å²) in [5.74, 6) is 1.81. The minimum Gasteiger partial charge on any atom is -0.307 e. The van der Waals surface area contributed by atoms with Crippen molar-refractivity contribution in [3.63, 3.8) is 0 Å². The van der Waals surface area contributed by atoms with Crippen LogP contribution in [0.1, 0.15) is 0 Å². The van der Waals surface area contributed by atoms with Crippen LogP contribution in [0.3, 0.4) is 0 Å². The molecule has 0 N–H and O–H groups in total. The van der Waals surface area contributed by atoms with Gasteiger partial charge in [0.15, 0.2) is 17.5 Å². The molecule has 4 heterocycles. The molecule has 13 aromatic carbocycles. The Balaban J connectivity index is 1.01. The smallest absolute Gasteiger partial charge is 0.164 e. The second-order valence-corrected chi connectivity index (χ2v) is 24.4. The first-order chi connectivity index (χ1) is 43.1. The van der Waals surface area contributed by atoms with Gasteiger partial charge in [-0.15, -0.1) is 22.7 Å². The normalized spacial score (nSPS) is 11.7. The van der Waals surface area contributed by atoms with Gasteiger partial charge in [0.25, 0.3) is 0 Å². The first kappa shape index (κ1) is 50.6. The molecule has 4 aromatic heterocycles. The SMILES string of the molecule is c1ccc(-c2cc(-c3ccccc3)c3c(c2)c2cc(-c4ccccc4)cc(-c4ccccc4)c2n3-c2c(-c3ccccc3)cc(-c3nc(-c4ccc5c(c4)sc4ccccc45)nc(-c4ccc5c(c4)sc4ccccc45)n3)cc2-c2ccccc2)cc1. The Morgan fingerprint density at radius 3 is 0.908 bits per heavy atom. The summed E-state index contributed by atoms with van der Waals surface area (Å²) in [5, 5.41) is 7.26. The predicted molar refractivity (Wildman–Crippen MR) is 369 cm³/mol. The van der Waals surface area contributed by atoms with Gasteiger partial charge >= 0.3 is 0 Å². The van der Waals surface area contributed by atoms with Gasteiger partial charge in [0, 0.05) is 90.1 Å². The molecule has 0 fully saturated rings. The zero-order valence-electron chi connectivity index (χ0n) is 47.0. The summed E-state index contributed by atoms with van der Waals surface area (Å²) >= 11 is 3.60. The van der Waals surface area contributed by atoms with E-state index >= 15 is 0 Å². The van der Waals surface area contributed by atoms with Crippen molar-refractivity contribution in [2.24, 2.45) is 0 Å². The lowest BCUT2D eigenvalue weighted by molar-refractivity contribution is 1.07. The third kappa shape index (κ3) is 8.84. The molecule has 0 amide bonds. The van der Waals surface area contributed by atoms with Crippen LogP contribution < -0.4 is 0 Å². The number of hydrogen-bond acceptors (Lipinski definition) is 5. The van der Waals surface area contributed by atoms with Crippen LogP contribution in [0.4, 0.5) is 0 Å². The van der Waals surface area contributed by atoms with Gasteiger partial charge in [-0.05, 0) is 105 Å². The van der Waals surface area contributed by atoms with Crippen molar-refractivity contribution in [1.29, 1.82) is 0 Å². The maximum atomic E-state index is 5.58. The Morgan fingerprint density at radius 1 is 0.207 bits per heavy atom. The van der Waals surface area contributed by atoms with E-state index in [0.717, 1.165) is 111 Å². The van der Waals surface area contributed by atoms with E-state index in [0.29, 0.717) is 17.5 Å². The second kappa shape index (κ2) is 21.0. The van der Waals surface area contributed by atoms with Crippen LogP contribution in [0, 0.1) is 0 Å². The van der Waals surface area contributed by atoms with Gasteiger partial charge in [-0.3, -0.25) is 0 Å². The Bertz CT molecular complexity index is 5150. The Hall–Kier alpha value is -10.9. The monoisotopic (exact) mass is 1140 g/mol. The fourth-order valence-electron chi connectivity index (χ4n) is 12.9. The summed E-state index contributed by atoms with van der Waals surface area (Å²) in [4.78, 5) is 16.6. The molecule has 0 atom stereocenters. The zero-order chi connectivity index (χ0) is 57.4. The predicted octanol–water partition coefficient (Wildman–Crippen LogP) is 22.7. The number of rotatable bonds is 10. The molecule has 0 spiro atoms. The van der Waals surface area contributed by atoms with Crippen molar-refractivity contribution in [3.8, 4) is 107 Å². The van der Waals surface area contributed by atoms with Crippen LogP contribution in [0.25, 0.3) is 169 Å². The van der Waals surface area contributed by atoms with E-state index in [2.05, 4.69) is 308 Å². The average Bonchev–Trinajstić information content (AvgIpc) is 2.60. The number of thiophene rings is 2. The average molecular weight is 1140 g/mol. The van der Waals surface area contributed by atoms with Gasteiger partial charge in [0.2, 0.25) is 0 Å². The zero-order valence-corrected chi connectivity index (χ0v) is 48.6. The van der Waals surface area contributed by atoms with Crippen LogP contribution in [0.15, 0.2) is 303 Å². The quantitative estimate of drug-likeness (QED) is 0.137. The molecule has 406 valence electrons. The van der Waals surface area contributed by atoms with Crippen molar-refractivity contribution in [3.05, 3.63) is 303 Å². The molecular weight excluding hydrogens is 1090 g/mol. The molecule has 17 aromatic rings. The van der Waals surface area contributed by atoms with Gasteiger partial charge in [0.1, 0.15) is 0 Å². The van der Waals surface area contributed by atoms with Crippen molar-refractivity contribution < 1.29 is 0 Å². The molecule has 87 heavy (non-hydrogen) atoms. The Labute approximate surface area is 510 Å². The molecule has 0 bridgehead atoms. The third-order valence-electron chi connectivity index (χ3n) is 17.0. The largest absolute Gasteiger partial charge is 0.307 e. The van der Waals surface area contributed by atoms with Crippen molar-refractivity contribution in [2.75, 3.05) is 0 Å². The third-order valence-corrected chi connectivity index (χ3v) is 19.3. The van der Waals surface area contributed by atoms with Gasteiger partial charge < -0.3 is 4.57 Å². The number of fused-ring (bicyclic) bond motifs is 9. The molecule has 6 heteroatoms. The molecule has 0 aliphatic rings. The van der Waals surface area contributed by atoms with Crippen molar-refractivity contribution in [2.45, 2.75) is 0 Å². The molecule has 0 saturated heterocycles. The standard InChI is InChI=1S/C81H50N4S2/c1-7-23-51(24-8-1)59-43-66(53-27-11-3-12-28-53)77-70(45-59)71-46-60(52-25-9-2-10-26-52)44-67(54-29-13-4-14-30-54)78(71)85(77)76-68(55-31-15-5-16-32-55)47-61(48-69(76)56-33-17-6-18-34-56)81-83-79(57-39-41-64-62-35-19-21-37-72(62)86-74(64)49-57)82-80(84-81)58-40-42-65-63-36-20-22-38-73(63)87-75(65)50-58/h1-50H. The van der Waals surface area contributed by atoms with Gasteiger partial charge in [-0.1, -0.05) is 243 Å². The number of aromatic nitrogens is 4. The number of nitrogens with zero attached hydrogens (tertiary/aromatic N) is 4. The van der Waals surface area contributed by atoms with Crippen LogP contribution in [0.2, 0.25) is 0 Å². The molecular formula is C81H50N4S2. The lowest BCUT2D eigenvalue weighted by Crippen LogP contribution is -2.05. The van der Waals surface area contributed by atoms with Gasteiger partial charge in [-0.2, -0.15) is 0 Å². The summed E-state index contributed by atoms with van der Waals surface area (Å²) in [7, 11) is 0. The second-order valence-electron chi connectivity index (χ2n) is 22.2. The summed E-state index contributed by atoms with van der Waals surface area (Å²) in [6.07, 6.45) is 0. The van der Waals surface area contributed by atoms with Crippen molar-refractivity contribution >= 4 is 84.8 Å². The Kier molecular flexibility index (Phi) is 12.2. The number of hydrogen-bond donors (Lipinski definition) is 0.